The lowest BCUT2D eigenvalue weighted by molar-refractivity contribution is -0.112. The second-order valence-electron chi connectivity index (χ2n) is 7.55. The van der Waals surface area contributed by atoms with E-state index in [1.807, 2.05) is 56.3 Å². The van der Waals surface area contributed by atoms with E-state index in [-0.39, 0.29) is 12.4 Å². The highest BCUT2D eigenvalue weighted by Crippen LogP contribution is 2.34. The lowest BCUT2D eigenvalue weighted by atomic mass is 10.1. The van der Waals surface area contributed by atoms with Crippen molar-refractivity contribution in [2.45, 2.75) is 20.5 Å². The molecule has 0 aromatic heterocycles. The molecule has 1 N–H and O–H groups in total. The average Bonchev–Trinajstić information content (AvgIpc) is 3.31. The second kappa shape index (κ2) is 10.5. The van der Waals surface area contributed by atoms with E-state index >= 15 is 0 Å². The number of rotatable bonds is 8. The Bertz CT molecular complexity index is 1280. The molecule has 1 amide bonds. The van der Waals surface area contributed by atoms with Gasteiger partial charge in [-0.2, -0.15) is 5.26 Å². The largest absolute Gasteiger partial charge is 0.490 e. The van der Waals surface area contributed by atoms with Crippen LogP contribution < -0.4 is 24.3 Å². The SMILES string of the molecule is CCOc1cc(/C=C(/C#N)C(=O)Nc2ccccc2C)ccc1OCc1ccc2c(c1)OCO2. The molecule has 0 spiro atoms. The molecule has 3 aromatic carbocycles. The molecule has 1 aliphatic rings. The number of para-hydroxylation sites is 1. The number of amides is 1. The quantitative estimate of drug-likeness (QED) is 0.368. The van der Waals surface area contributed by atoms with Crippen LogP contribution in [0.4, 0.5) is 5.69 Å². The van der Waals surface area contributed by atoms with E-state index in [2.05, 4.69) is 5.32 Å². The van der Waals surface area contributed by atoms with Gasteiger partial charge in [0.2, 0.25) is 6.79 Å². The van der Waals surface area contributed by atoms with Crippen molar-refractivity contribution in [3.8, 4) is 29.1 Å². The summed E-state index contributed by atoms with van der Waals surface area (Å²) >= 11 is 0. The van der Waals surface area contributed by atoms with Crippen LogP contribution in [0.1, 0.15) is 23.6 Å². The summed E-state index contributed by atoms with van der Waals surface area (Å²) in [6.45, 7) is 4.74. The Labute approximate surface area is 198 Å². The zero-order valence-electron chi connectivity index (χ0n) is 19.0. The van der Waals surface area contributed by atoms with Crippen LogP contribution in [-0.4, -0.2) is 19.3 Å². The van der Waals surface area contributed by atoms with Crippen LogP contribution in [0.5, 0.6) is 23.0 Å². The second-order valence-corrected chi connectivity index (χ2v) is 7.55. The summed E-state index contributed by atoms with van der Waals surface area (Å²) < 4.78 is 22.5. The molecule has 0 radical (unpaired) electrons. The van der Waals surface area contributed by atoms with Gasteiger partial charge in [0.15, 0.2) is 23.0 Å². The van der Waals surface area contributed by atoms with Gasteiger partial charge in [-0.15, -0.1) is 0 Å². The van der Waals surface area contributed by atoms with Gasteiger partial charge in [-0.05, 0) is 66.9 Å². The van der Waals surface area contributed by atoms with E-state index in [0.29, 0.717) is 41.7 Å². The van der Waals surface area contributed by atoms with Gasteiger partial charge in [0.25, 0.3) is 5.91 Å². The van der Waals surface area contributed by atoms with E-state index in [0.717, 1.165) is 16.9 Å². The predicted octanol–water partition coefficient (Wildman–Crippen LogP) is 5.25. The first kappa shape index (κ1) is 22.7. The zero-order chi connectivity index (χ0) is 23.9. The van der Waals surface area contributed by atoms with Gasteiger partial charge in [0, 0.05) is 5.69 Å². The smallest absolute Gasteiger partial charge is 0.266 e. The Kier molecular flexibility index (Phi) is 6.99. The van der Waals surface area contributed by atoms with Crippen molar-refractivity contribution in [2.75, 3.05) is 18.7 Å². The van der Waals surface area contributed by atoms with Gasteiger partial charge in [-0.1, -0.05) is 30.3 Å². The molecule has 0 saturated carbocycles. The van der Waals surface area contributed by atoms with E-state index in [9.17, 15) is 10.1 Å². The number of nitrogens with zero attached hydrogens (tertiary/aromatic N) is 1. The normalized spacial score (nSPS) is 12.1. The number of ether oxygens (including phenoxy) is 4. The van der Waals surface area contributed by atoms with Crippen molar-refractivity contribution >= 4 is 17.7 Å². The molecule has 3 aromatic rings. The first-order chi connectivity index (χ1) is 16.6. The highest BCUT2D eigenvalue weighted by Gasteiger charge is 2.15. The number of nitrogens with one attached hydrogen (secondary N) is 1. The molecule has 1 aliphatic heterocycles. The maximum atomic E-state index is 12.6. The summed E-state index contributed by atoms with van der Waals surface area (Å²) in [6.07, 6.45) is 1.53. The molecule has 7 nitrogen and oxygen atoms in total. The number of aryl methyl sites for hydroxylation is 1. The number of benzene rings is 3. The van der Waals surface area contributed by atoms with E-state index in [1.54, 1.807) is 24.3 Å². The van der Waals surface area contributed by atoms with Crippen LogP contribution in [-0.2, 0) is 11.4 Å². The Hall–Kier alpha value is -4.44. The summed E-state index contributed by atoms with van der Waals surface area (Å²) in [5.74, 6) is 2.01. The van der Waals surface area contributed by atoms with Crippen LogP contribution >= 0.6 is 0 Å². The summed E-state index contributed by atoms with van der Waals surface area (Å²) in [5.41, 5.74) is 3.14. The summed E-state index contributed by atoms with van der Waals surface area (Å²) in [4.78, 5) is 12.6. The van der Waals surface area contributed by atoms with Crippen LogP contribution in [0.15, 0.2) is 66.2 Å². The van der Waals surface area contributed by atoms with Crippen molar-refractivity contribution in [1.82, 2.24) is 0 Å². The Morgan fingerprint density at radius 2 is 1.88 bits per heavy atom. The number of anilines is 1. The number of nitriles is 1. The lowest BCUT2D eigenvalue weighted by Crippen LogP contribution is -2.14. The van der Waals surface area contributed by atoms with Crippen molar-refractivity contribution in [2.24, 2.45) is 0 Å². The third-order valence-electron chi connectivity index (χ3n) is 5.17. The van der Waals surface area contributed by atoms with Crippen LogP contribution in [0.2, 0.25) is 0 Å². The first-order valence-electron chi connectivity index (χ1n) is 10.8. The fourth-order valence-corrected chi connectivity index (χ4v) is 3.41. The molecule has 0 fully saturated rings. The monoisotopic (exact) mass is 456 g/mol. The van der Waals surface area contributed by atoms with Crippen molar-refractivity contribution in [3.05, 3.63) is 82.9 Å². The van der Waals surface area contributed by atoms with Crippen LogP contribution in [0, 0.1) is 18.3 Å². The molecule has 0 atom stereocenters. The van der Waals surface area contributed by atoms with Gasteiger partial charge < -0.3 is 24.3 Å². The molecule has 0 bridgehead atoms. The molecule has 0 aliphatic carbocycles. The van der Waals surface area contributed by atoms with Crippen molar-refractivity contribution in [1.29, 1.82) is 5.26 Å². The molecule has 0 saturated heterocycles. The number of hydrogen-bond donors (Lipinski definition) is 1. The molecule has 34 heavy (non-hydrogen) atoms. The van der Waals surface area contributed by atoms with Crippen molar-refractivity contribution < 1.29 is 23.7 Å². The van der Waals surface area contributed by atoms with Crippen LogP contribution in [0.25, 0.3) is 6.08 Å². The molecule has 1 heterocycles. The molecular weight excluding hydrogens is 432 g/mol. The summed E-state index contributed by atoms with van der Waals surface area (Å²) in [6, 6.07) is 20.3. The third-order valence-corrected chi connectivity index (χ3v) is 5.17. The van der Waals surface area contributed by atoms with E-state index in [4.69, 9.17) is 18.9 Å². The maximum Gasteiger partial charge on any atom is 0.266 e. The molecule has 4 rings (SSSR count). The van der Waals surface area contributed by atoms with Crippen LogP contribution in [0.3, 0.4) is 0 Å². The van der Waals surface area contributed by atoms with Gasteiger partial charge in [-0.3, -0.25) is 4.79 Å². The number of hydrogen-bond acceptors (Lipinski definition) is 6. The minimum atomic E-state index is -0.474. The van der Waals surface area contributed by atoms with Crippen molar-refractivity contribution in [3.63, 3.8) is 0 Å². The molecule has 0 unspecified atom stereocenters. The minimum absolute atomic E-state index is 0.0141. The zero-order valence-corrected chi connectivity index (χ0v) is 19.0. The fraction of sp³-hybridized carbons (Fsp3) is 0.185. The standard InChI is InChI=1S/C27H24N2O5/c1-3-31-25-13-19(12-21(15-28)27(30)29-22-7-5-4-6-18(22)2)8-10-23(25)32-16-20-9-11-24-26(14-20)34-17-33-24/h4-14H,3,16-17H2,1-2H3,(H,29,30)/b21-12-. The van der Waals surface area contributed by atoms with E-state index in [1.165, 1.54) is 6.08 Å². The summed E-state index contributed by atoms with van der Waals surface area (Å²) in [7, 11) is 0. The predicted molar refractivity (Wildman–Crippen MR) is 128 cm³/mol. The highest BCUT2D eigenvalue weighted by molar-refractivity contribution is 6.10. The Morgan fingerprint density at radius 1 is 1.06 bits per heavy atom. The van der Waals surface area contributed by atoms with Gasteiger partial charge in [0.05, 0.1) is 6.61 Å². The molecular formula is C27H24N2O5. The lowest BCUT2D eigenvalue weighted by Gasteiger charge is -2.13. The summed E-state index contributed by atoms with van der Waals surface area (Å²) in [5, 5.41) is 12.3. The Morgan fingerprint density at radius 3 is 2.68 bits per heavy atom. The maximum absolute atomic E-state index is 12.6. The number of fused-ring (bicyclic) bond motifs is 1. The van der Waals surface area contributed by atoms with E-state index < -0.39 is 5.91 Å². The minimum Gasteiger partial charge on any atom is -0.490 e. The van der Waals surface area contributed by atoms with Gasteiger partial charge in [-0.25, -0.2) is 0 Å². The third kappa shape index (κ3) is 5.30. The first-order valence-corrected chi connectivity index (χ1v) is 10.8. The Balaban J connectivity index is 1.50. The molecule has 172 valence electrons. The number of carbonyl (C=O) groups is 1. The average molecular weight is 456 g/mol. The number of carbonyl (C=O) groups excluding carboxylic acids is 1. The van der Waals surface area contributed by atoms with Gasteiger partial charge >= 0.3 is 0 Å². The van der Waals surface area contributed by atoms with Gasteiger partial charge in [0.1, 0.15) is 18.2 Å². The highest BCUT2D eigenvalue weighted by atomic mass is 16.7. The fourth-order valence-electron chi connectivity index (χ4n) is 3.41. The topological polar surface area (TPSA) is 89.8 Å². The molecule has 7 heteroatoms.